The van der Waals surface area contributed by atoms with Gasteiger partial charge in [0.2, 0.25) is 0 Å². The molecule has 51 valence electrons. The van der Waals surface area contributed by atoms with E-state index in [-0.39, 0.29) is 0 Å². The second-order valence-corrected chi connectivity index (χ2v) is 2.62. The van der Waals surface area contributed by atoms with Crippen LogP contribution in [0.4, 0.5) is 0 Å². The lowest BCUT2D eigenvalue weighted by Crippen LogP contribution is -2.32. The summed E-state index contributed by atoms with van der Waals surface area (Å²) in [6.07, 6.45) is 5.20. The molecule has 2 nitrogen and oxygen atoms in total. The predicted octanol–water partition coefficient (Wildman–Crippen LogP) is 1.12. The second kappa shape index (κ2) is 2.27. The van der Waals surface area contributed by atoms with Gasteiger partial charge in [-0.05, 0) is 6.42 Å². The standard InChI is InChI=1S/C7H11O2/c1-3-8-6(1)5-7-2-4-9-7/h6H,1-5H2. The molecule has 2 heteroatoms. The lowest BCUT2D eigenvalue weighted by Gasteiger charge is -2.33. The van der Waals surface area contributed by atoms with Crippen molar-refractivity contribution in [2.45, 2.75) is 25.4 Å². The minimum absolute atomic E-state index is 0.500. The molecule has 0 amide bonds. The smallest absolute Gasteiger partial charge is 0.102 e. The van der Waals surface area contributed by atoms with Gasteiger partial charge >= 0.3 is 0 Å². The number of hydrogen-bond donors (Lipinski definition) is 0. The number of hydrogen-bond acceptors (Lipinski definition) is 2. The van der Waals surface area contributed by atoms with Crippen LogP contribution in [0.5, 0.6) is 0 Å². The highest BCUT2D eigenvalue weighted by molar-refractivity contribution is 4.90. The Bertz CT molecular complexity index is 83.1. The number of rotatable bonds is 2. The van der Waals surface area contributed by atoms with E-state index in [2.05, 4.69) is 0 Å². The van der Waals surface area contributed by atoms with E-state index in [4.69, 9.17) is 9.47 Å². The predicted molar refractivity (Wildman–Crippen MR) is 32.8 cm³/mol. The summed E-state index contributed by atoms with van der Waals surface area (Å²) in [5.41, 5.74) is 0. The molecule has 0 aromatic carbocycles. The first-order valence-electron chi connectivity index (χ1n) is 3.54. The topological polar surface area (TPSA) is 18.5 Å². The van der Waals surface area contributed by atoms with Gasteiger partial charge in [0.25, 0.3) is 0 Å². The Balaban J connectivity index is 1.64. The van der Waals surface area contributed by atoms with E-state index in [9.17, 15) is 0 Å². The number of ether oxygens (including phenoxy) is 2. The summed E-state index contributed by atoms with van der Waals surface area (Å²) in [6, 6.07) is 0. The fraction of sp³-hybridized carbons (Fsp3) is 0.857. The molecule has 2 aliphatic rings. The molecule has 0 N–H and O–H groups in total. The first kappa shape index (κ1) is 5.69. The van der Waals surface area contributed by atoms with Gasteiger partial charge in [-0.25, -0.2) is 0 Å². The molecule has 2 rings (SSSR count). The first-order chi connectivity index (χ1) is 4.45. The molecule has 1 atom stereocenters. The minimum atomic E-state index is 0.500. The van der Waals surface area contributed by atoms with E-state index in [1.807, 2.05) is 0 Å². The summed E-state index contributed by atoms with van der Waals surface area (Å²) >= 11 is 0. The van der Waals surface area contributed by atoms with Gasteiger partial charge in [0, 0.05) is 19.4 Å². The van der Waals surface area contributed by atoms with Gasteiger partial charge in [0.15, 0.2) is 0 Å². The minimum Gasteiger partial charge on any atom is -0.378 e. The Hall–Kier alpha value is -0.0800. The third kappa shape index (κ3) is 1.10. The molecule has 0 bridgehead atoms. The highest BCUT2D eigenvalue weighted by Crippen LogP contribution is 2.29. The zero-order valence-electron chi connectivity index (χ0n) is 5.43. The van der Waals surface area contributed by atoms with Crippen LogP contribution in [0, 0.1) is 6.10 Å². The van der Waals surface area contributed by atoms with Crippen molar-refractivity contribution in [1.82, 2.24) is 0 Å². The Labute approximate surface area is 55.1 Å². The van der Waals surface area contributed by atoms with Crippen molar-refractivity contribution in [2.75, 3.05) is 13.2 Å². The van der Waals surface area contributed by atoms with Gasteiger partial charge < -0.3 is 9.47 Å². The molecule has 0 aliphatic carbocycles. The SMILES string of the molecule is C1C[C](CC2CCO2)O1. The fourth-order valence-corrected chi connectivity index (χ4v) is 1.11. The van der Waals surface area contributed by atoms with Crippen molar-refractivity contribution in [3.05, 3.63) is 6.10 Å². The maximum absolute atomic E-state index is 5.24. The monoisotopic (exact) mass is 127 g/mol. The van der Waals surface area contributed by atoms with Crippen LogP contribution in [0.2, 0.25) is 0 Å². The molecule has 1 unspecified atom stereocenters. The van der Waals surface area contributed by atoms with Crippen molar-refractivity contribution in [2.24, 2.45) is 0 Å². The van der Waals surface area contributed by atoms with Crippen LogP contribution in [-0.4, -0.2) is 19.3 Å². The van der Waals surface area contributed by atoms with Crippen LogP contribution in [-0.2, 0) is 9.47 Å². The van der Waals surface area contributed by atoms with Gasteiger partial charge in [0.1, 0.15) is 6.10 Å². The Kier molecular flexibility index (Phi) is 1.44. The molecule has 0 aromatic heterocycles. The molecule has 9 heavy (non-hydrogen) atoms. The second-order valence-electron chi connectivity index (χ2n) is 2.62. The Morgan fingerprint density at radius 1 is 1.44 bits per heavy atom. The molecule has 2 heterocycles. The van der Waals surface area contributed by atoms with E-state index in [0.717, 1.165) is 19.6 Å². The quantitative estimate of drug-likeness (QED) is 0.553. The third-order valence-corrected chi connectivity index (χ3v) is 1.94. The molecule has 2 fully saturated rings. The van der Waals surface area contributed by atoms with Gasteiger partial charge in [-0.3, -0.25) is 0 Å². The highest BCUT2D eigenvalue weighted by atomic mass is 16.5. The van der Waals surface area contributed by atoms with Crippen LogP contribution in [0.3, 0.4) is 0 Å². The summed E-state index contributed by atoms with van der Waals surface area (Å²) in [5, 5.41) is 0. The molecular weight excluding hydrogens is 116 g/mol. The first-order valence-corrected chi connectivity index (χ1v) is 3.54. The zero-order chi connectivity index (χ0) is 6.10. The Morgan fingerprint density at radius 3 is 2.56 bits per heavy atom. The van der Waals surface area contributed by atoms with Crippen LogP contribution in [0.15, 0.2) is 0 Å². The summed E-state index contributed by atoms with van der Waals surface area (Å²) in [7, 11) is 0. The molecule has 0 spiro atoms. The lowest BCUT2D eigenvalue weighted by atomic mass is 10.0. The van der Waals surface area contributed by atoms with E-state index < -0.39 is 0 Å². The average Bonchev–Trinajstić information content (AvgIpc) is 1.57. The largest absolute Gasteiger partial charge is 0.378 e. The van der Waals surface area contributed by atoms with Crippen molar-refractivity contribution in [1.29, 1.82) is 0 Å². The highest BCUT2D eigenvalue weighted by Gasteiger charge is 2.27. The van der Waals surface area contributed by atoms with Crippen molar-refractivity contribution >= 4 is 0 Å². The normalized spacial score (nSPS) is 35.3. The van der Waals surface area contributed by atoms with E-state index in [0.29, 0.717) is 6.10 Å². The van der Waals surface area contributed by atoms with Crippen molar-refractivity contribution < 1.29 is 9.47 Å². The molecule has 2 saturated heterocycles. The van der Waals surface area contributed by atoms with Gasteiger partial charge in [-0.1, -0.05) is 0 Å². The maximum Gasteiger partial charge on any atom is 0.102 e. The summed E-state index contributed by atoms with van der Waals surface area (Å²) in [4.78, 5) is 0. The summed E-state index contributed by atoms with van der Waals surface area (Å²) < 4.78 is 10.4. The molecule has 1 radical (unpaired) electrons. The third-order valence-electron chi connectivity index (χ3n) is 1.94. The maximum atomic E-state index is 5.24. The molecule has 2 aliphatic heterocycles. The average molecular weight is 127 g/mol. The Morgan fingerprint density at radius 2 is 2.22 bits per heavy atom. The van der Waals surface area contributed by atoms with Crippen molar-refractivity contribution in [3.63, 3.8) is 0 Å². The van der Waals surface area contributed by atoms with Gasteiger partial charge in [-0.2, -0.15) is 0 Å². The lowest BCUT2D eigenvalue weighted by molar-refractivity contribution is -0.0802. The van der Waals surface area contributed by atoms with Crippen LogP contribution in [0.25, 0.3) is 0 Å². The van der Waals surface area contributed by atoms with Crippen LogP contribution in [0.1, 0.15) is 19.3 Å². The van der Waals surface area contributed by atoms with E-state index in [1.165, 1.54) is 18.9 Å². The van der Waals surface area contributed by atoms with E-state index >= 15 is 0 Å². The zero-order valence-corrected chi connectivity index (χ0v) is 5.43. The van der Waals surface area contributed by atoms with Gasteiger partial charge in [-0.15, -0.1) is 0 Å². The van der Waals surface area contributed by atoms with Crippen molar-refractivity contribution in [3.8, 4) is 0 Å². The van der Waals surface area contributed by atoms with Gasteiger partial charge in [0.05, 0.1) is 12.7 Å². The van der Waals surface area contributed by atoms with E-state index in [1.54, 1.807) is 0 Å². The summed E-state index contributed by atoms with van der Waals surface area (Å²) in [5.74, 6) is 0. The summed E-state index contributed by atoms with van der Waals surface area (Å²) in [6.45, 7) is 1.89. The van der Waals surface area contributed by atoms with Crippen LogP contribution >= 0.6 is 0 Å². The van der Waals surface area contributed by atoms with Crippen LogP contribution < -0.4 is 0 Å². The fourth-order valence-electron chi connectivity index (χ4n) is 1.11. The molecule has 0 saturated carbocycles. The molecule has 0 aromatic rings. The molecular formula is C7H11O2.